The van der Waals surface area contributed by atoms with Crippen LogP contribution in [0.5, 0.6) is 0 Å². The number of nitrogens with one attached hydrogen (secondary N) is 1. The molecule has 0 aliphatic carbocycles. The first-order valence-corrected chi connectivity index (χ1v) is 12.0. The summed E-state index contributed by atoms with van der Waals surface area (Å²) in [5, 5.41) is 2.46. The van der Waals surface area contributed by atoms with Gasteiger partial charge in [0.05, 0.1) is 11.1 Å². The Labute approximate surface area is 210 Å². The summed E-state index contributed by atoms with van der Waals surface area (Å²) < 4.78 is 10.1. The van der Waals surface area contributed by atoms with Crippen molar-refractivity contribution in [2.24, 2.45) is 0 Å². The van der Waals surface area contributed by atoms with Gasteiger partial charge in [0.1, 0.15) is 12.1 Å². The third-order valence-corrected chi connectivity index (χ3v) is 5.87. The Kier molecular flexibility index (Phi) is 8.67. The first-order chi connectivity index (χ1) is 17.0. The number of nitrogens with zero attached hydrogens (tertiary/aromatic N) is 3. The number of rotatable bonds is 7. The van der Waals surface area contributed by atoms with Crippen molar-refractivity contribution < 1.29 is 33.4 Å². The summed E-state index contributed by atoms with van der Waals surface area (Å²) in [5.41, 5.74) is 0.177. The van der Waals surface area contributed by atoms with Crippen LogP contribution in [0.2, 0.25) is 0 Å². The molecule has 0 bridgehead atoms. The zero-order chi connectivity index (χ0) is 26.5. The summed E-state index contributed by atoms with van der Waals surface area (Å²) in [6.45, 7) is 7.23. The van der Waals surface area contributed by atoms with Gasteiger partial charge in [0.15, 0.2) is 0 Å². The van der Waals surface area contributed by atoms with Crippen LogP contribution in [-0.4, -0.2) is 103 Å². The number of ether oxygens (including phenoxy) is 2. The Balaban J connectivity index is 1.58. The second-order valence-corrected chi connectivity index (χ2v) is 9.75. The van der Waals surface area contributed by atoms with Crippen molar-refractivity contribution in [3.63, 3.8) is 0 Å². The van der Waals surface area contributed by atoms with Gasteiger partial charge in [-0.15, -0.1) is 0 Å². The predicted molar refractivity (Wildman–Crippen MR) is 130 cm³/mol. The molecule has 2 aliphatic heterocycles. The van der Waals surface area contributed by atoms with Crippen LogP contribution < -0.4 is 5.32 Å². The highest BCUT2D eigenvalue weighted by molar-refractivity contribution is 6.22. The maximum atomic E-state index is 13.2. The summed E-state index contributed by atoms with van der Waals surface area (Å²) in [6.07, 6.45) is 0.438. The van der Waals surface area contributed by atoms with Crippen molar-refractivity contribution in [3.05, 3.63) is 34.9 Å². The van der Waals surface area contributed by atoms with Gasteiger partial charge in [-0.2, -0.15) is 0 Å². The zero-order valence-electron chi connectivity index (χ0n) is 21.3. The van der Waals surface area contributed by atoms with Crippen LogP contribution in [0.1, 0.15) is 64.7 Å². The number of amides is 5. The normalized spacial score (nSPS) is 16.1. The highest BCUT2D eigenvalue weighted by atomic mass is 16.6. The third-order valence-electron chi connectivity index (χ3n) is 5.87. The van der Waals surface area contributed by atoms with Gasteiger partial charge in [-0.1, -0.05) is 0 Å². The van der Waals surface area contributed by atoms with Crippen molar-refractivity contribution in [3.8, 4) is 0 Å². The molecular weight excluding hydrogens is 468 g/mol. The van der Waals surface area contributed by atoms with E-state index in [2.05, 4.69) is 5.32 Å². The lowest BCUT2D eigenvalue weighted by atomic mass is 10.0. The van der Waals surface area contributed by atoms with E-state index in [0.717, 1.165) is 0 Å². The van der Waals surface area contributed by atoms with Gasteiger partial charge >= 0.3 is 6.09 Å². The van der Waals surface area contributed by atoms with Crippen molar-refractivity contribution in [1.82, 2.24) is 20.0 Å². The Morgan fingerprint density at radius 3 is 2.33 bits per heavy atom. The molecule has 11 nitrogen and oxygen atoms in total. The number of carbonyl (C=O) groups is 5. The molecule has 1 saturated heterocycles. The monoisotopic (exact) mass is 502 g/mol. The molecular formula is C25H34N4O7. The molecule has 1 N–H and O–H groups in total. The minimum atomic E-state index is -0.663. The lowest BCUT2D eigenvalue weighted by Crippen LogP contribution is -2.43. The van der Waals surface area contributed by atoms with E-state index in [0.29, 0.717) is 56.8 Å². The molecule has 11 heteroatoms. The number of hydrogen-bond acceptors (Lipinski definition) is 7. The smallest absolute Gasteiger partial charge is 0.408 e. The fourth-order valence-corrected chi connectivity index (χ4v) is 4.12. The minimum Gasteiger partial charge on any atom is -0.444 e. The zero-order valence-corrected chi connectivity index (χ0v) is 21.3. The van der Waals surface area contributed by atoms with Crippen LogP contribution in [0, 0.1) is 0 Å². The topological polar surface area (TPSA) is 126 Å². The number of fused-ring (bicyclic) bond motifs is 1. The van der Waals surface area contributed by atoms with Crippen molar-refractivity contribution in [2.75, 3.05) is 53.0 Å². The van der Waals surface area contributed by atoms with Crippen LogP contribution in [0.4, 0.5) is 4.79 Å². The van der Waals surface area contributed by atoms with E-state index in [1.807, 2.05) is 0 Å². The van der Waals surface area contributed by atoms with E-state index in [9.17, 15) is 24.0 Å². The molecule has 0 radical (unpaired) electrons. The van der Waals surface area contributed by atoms with E-state index in [1.54, 1.807) is 43.7 Å². The number of alkyl carbamates (subject to hydrolysis) is 1. The van der Waals surface area contributed by atoms with Gasteiger partial charge < -0.3 is 24.6 Å². The Morgan fingerprint density at radius 1 is 0.972 bits per heavy atom. The van der Waals surface area contributed by atoms with E-state index in [4.69, 9.17) is 9.47 Å². The SMILES string of the molecule is COCCCN1C(=O)c2ccc(C(=O)N3CCCN(C(=O)CNC(=O)OC(C)(C)C)CC3)cc2C1=O. The van der Waals surface area contributed by atoms with Crippen LogP contribution in [0.3, 0.4) is 0 Å². The molecule has 3 rings (SSSR count). The Hall–Kier alpha value is -3.47. The molecule has 0 spiro atoms. The highest BCUT2D eigenvalue weighted by Crippen LogP contribution is 2.25. The molecule has 2 heterocycles. The Morgan fingerprint density at radius 2 is 1.64 bits per heavy atom. The van der Waals surface area contributed by atoms with Gasteiger partial charge in [-0.3, -0.25) is 24.1 Å². The fourth-order valence-electron chi connectivity index (χ4n) is 4.12. The molecule has 0 atom stereocenters. The molecule has 0 unspecified atom stereocenters. The largest absolute Gasteiger partial charge is 0.444 e. The molecule has 2 aliphatic rings. The van der Waals surface area contributed by atoms with Crippen molar-refractivity contribution in [2.45, 2.75) is 39.2 Å². The van der Waals surface area contributed by atoms with Gasteiger partial charge in [0.25, 0.3) is 17.7 Å². The second-order valence-electron chi connectivity index (χ2n) is 9.75. The molecule has 5 amide bonds. The van der Waals surface area contributed by atoms with Crippen LogP contribution in [0.15, 0.2) is 18.2 Å². The summed E-state index contributed by atoms with van der Waals surface area (Å²) in [6, 6.07) is 4.56. The first kappa shape index (κ1) is 27.1. The minimum absolute atomic E-state index is 0.190. The molecule has 196 valence electrons. The van der Waals surface area contributed by atoms with Crippen LogP contribution in [0.25, 0.3) is 0 Å². The van der Waals surface area contributed by atoms with Crippen molar-refractivity contribution in [1.29, 1.82) is 0 Å². The lowest BCUT2D eigenvalue weighted by molar-refractivity contribution is -0.130. The summed E-state index contributed by atoms with van der Waals surface area (Å²) >= 11 is 0. The molecule has 1 aromatic rings. The number of hydrogen-bond donors (Lipinski definition) is 1. The standard InChI is InChI=1S/C25H34N4O7/c1-25(2,3)36-24(34)26-16-20(30)27-9-5-10-28(13-12-27)21(31)17-7-8-18-19(15-17)23(33)29(22(18)32)11-6-14-35-4/h7-8,15H,5-6,9-14,16H2,1-4H3,(H,26,34). The van der Waals surface area contributed by atoms with E-state index >= 15 is 0 Å². The quantitative estimate of drug-likeness (QED) is 0.443. The number of methoxy groups -OCH3 is 1. The molecule has 0 aromatic heterocycles. The third kappa shape index (κ3) is 6.60. The van der Waals surface area contributed by atoms with Crippen molar-refractivity contribution >= 4 is 29.7 Å². The van der Waals surface area contributed by atoms with Crippen LogP contribution in [-0.2, 0) is 14.3 Å². The number of benzene rings is 1. The summed E-state index contributed by atoms with van der Waals surface area (Å²) in [7, 11) is 1.55. The second kappa shape index (κ2) is 11.5. The number of carbonyl (C=O) groups excluding carboxylic acids is 5. The summed E-state index contributed by atoms with van der Waals surface area (Å²) in [4.78, 5) is 67.3. The van der Waals surface area contributed by atoms with Gasteiger partial charge in [-0.05, 0) is 51.8 Å². The van der Waals surface area contributed by atoms with E-state index < -0.39 is 17.6 Å². The maximum absolute atomic E-state index is 13.2. The van der Waals surface area contributed by atoms with E-state index in [1.165, 1.54) is 17.0 Å². The van der Waals surface area contributed by atoms with Gasteiger partial charge in [0, 0.05) is 52.0 Å². The molecule has 1 fully saturated rings. The molecule has 36 heavy (non-hydrogen) atoms. The first-order valence-electron chi connectivity index (χ1n) is 12.0. The molecule has 1 aromatic carbocycles. The average molecular weight is 503 g/mol. The summed E-state index contributed by atoms with van der Waals surface area (Å²) in [5.74, 6) is -1.30. The van der Waals surface area contributed by atoms with Gasteiger partial charge in [0.2, 0.25) is 5.91 Å². The molecule has 0 saturated carbocycles. The Bertz CT molecular complexity index is 1030. The van der Waals surface area contributed by atoms with E-state index in [-0.39, 0.29) is 36.4 Å². The van der Waals surface area contributed by atoms with Gasteiger partial charge in [-0.25, -0.2) is 4.79 Å². The maximum Gasteiger partial charge on any atom is 0.408 e. The average Bonchev–Trinajstić information content (AvgIpc) is 2.99. The fraction of sp³-hybridized carbons (Fsp3) is 0.560. The highest BCUT2D eigenvalue weighted by Gasteiger charge is 2.36. The number of imide groups is 1. The predicted octanol–water partition coefficient (Wildman–Crippen LogP) is 1.52. The van der Waals surface area contributed by atoms with Crippen LogP contribution >= 0.6 is 0 Å². The lowest BCUT2D eigenvalue weighted by Gasteiger charge is -2.23.